The van der Waals surface area contributed by atoms with E-state index in [1.54, 1.807) is 43.0 Å². The molecule has 0 saturated heterocycles. The Labute approximate surface area is 166 Å². The highest BCUT2D eigenvalue weighted by Crippen LogP contribution is 2.30. The van der Waals surface area contributed by atoms with Crippen LogP contribution in [0.25, 0.3) is 0 Å². The minimum atomic E-state index is -4.43. The molecule has 0 fully saturated rings. The number of hydrogen-bond acceptors (Lipinski definition) is 4. The molecule has 0 aliphatic carbocycles. The number of carbonyl (C=O) groups excluding carboxylic acids is 1. The second-order valence-corrected chi connectivity index (χ2v) is 6.37. The van der Waals surface area contributed by atoms with E-state index in [1.165, 1.54) is 12.1 Å². The maximum absolute atomic E-state index is 12.9. The number of nitrogens with zero attached hydrogens (tertiary/aromatic N) is 2. The van der Waals surface area contributed by atoms with Gasteiger partial charge in [-0.25, -0.2) is 0 Å². The van der Waals surface area contributed by atoms with Crippen molar-refractivity contribution in [1.29, 1.82) is 0 Å². The van der Waals surface area contributed by atoms with Crippen molar-refractivity contribution in [2.75, 3.05) is 0 Å². The summed E-state index contributed by atoms with van der Waals surface area (Å²) in [5, 5.41) is 5.91. The van der Waals surface area contributed by atoms with Crippen molar-refractivity contribution in [1.82, 2.24) is 20.6 Å². The smallest absolute Gasteiger partial charge is 0.350 e. The standard InChI is InChI=1S/C21H19F3N4O/c22-21(23,24)18-5-3-17(4-6-18)19(27-13-15-7-10-25-11-8-15)20(29)28-14-16-2-1-9-26-12-16/h1-12,19,27H,13-14H2,(H,28,29). The maximum atomic E-state index is 12.9. The van der Waals surface area contributed by atoms with E-state index in [0.29, 0.717) is 12.1 Å². The molecule has 1 unspecified atom stereocenters. The summed E-state index contributed by atoms with van der Waals surface area (Å²) < 4.78 is 38.6. The fourth-order valence-electron chi connectivity index (χ4n) is 2.74. The van der Waals surface area contributed by atoms with Crippen LogP contribution >= 0.6 is 0 Å². The molecule has 0 bridgehead atoms. The van der Waals surface area contributed by atoms with E-state index in [4.69, 9.17) is 0 Å². The molecule has 2 heterocycles. The Morgan fingerprint density at radius 2 is 1.62 bits per heavy atom. The second-order valence-electron chi connectivity index (χ2n) is 6.37. The summed E-state index contributed by atoms with van der Waals surface area (Å²) in [5.41, 5.74) is 1.40. The quantitative estimate of drug-likeness (QED) is 0.636. The third-order valence-corrected chi connectivity index (χ3v) is 4.28. The molecule has 0 radical (unpaired) electrons. The van der Waals surface area contributed by atoms with E-state index in [0.717, 1.165) is 23.3 Å². The molecule has 0 saturated carbocycles. The molecular weight excluding hydrogens is 381 g/mol. The van der Waals surface area contributed by atoms with Crippen molar-refractivity contribution in [2.45, 2.75) is 25.3 Å². The number of pyridine rings is 2. The lowest BCUT2D eigenvalue weighted by atomic mass is 10.0. The van der Waals surface area contributed by atoms with E-state index >= 15 is 0 Å². The molecule has 2 aromatic heterocycles. The molecule has 0 aliphatic rings. The molecule has 8 heteroatoms. The van der Waals surface area contributed by atoms with E-state index in [9.17, 15) is 18.0 Å². The largest absolute Gasteiger partial charge is 0.416 e. The topological polar surface area (TPSA) is 66.9 Å². The summed E-state index contributed by atoms with van der Waals surface area (Å²) in [6.45, 7) is 0.620. The average molecular weight is 400 g/mol. The van der Waals surface area contributed by atoms with Gasteiger partial charge in [-0.15, -0.1) is 0 Å². The normalized spacial score (nSPS) is 12.4. The van der Waals surface area contributed by atoms with Gasteiger partial charge in [-0.2, -0.15) is 13.2 Å². The summed E-state index contributed by atoms with van der Waals surface area (Å²) in [6.07, 6.45) is 2.10. The fourth-order valence-corrected chi connectivity index (χ4v) is 2.74. The summed E-state index contributed by atoms with van der Waals surface area (Å²) >= 11 is 0. The second kappa shape index (κ2) is 9.29. The maximum Gasteiger partial charge on any atom is 0.416 e. The highest BCUT2D eigenvalue weighted by atomic mass is 19.4. The Hall–Kier alpha value is -3.26. The zero-order valence-corrected chi connectivity index (χ0v) is 15.4. The van der Waals surface area contributed by atoms with E-state index in [-0.39, 0.29) is 12.5 Å². The number of alkyl halides is 3. The van der Waals surface area contributed by atoms with Gasteiger partial charge in [0.2, 0.25) is 5.91 Å². The zero-order chi connectivity index (χ0) is 20.7. The molecule has 1 atom stereocenters. The third kappa shape index (κ3) is 5.86. The molecule has 29 heavy (non-hydrogen) atoms. The van der Waals surface area contributed by atoms with Crippen LogP contribution in [0.15, 0.2) is 73.3 Å². The third-order valence-electron chi connectivity index (χ3n) is 4.28. The molecule has 5 nitrogen and oxygen atoms in total. The van der Waals surface area contributed by atoms with E-state index in [2.05, 4.69) is 20.6 Å². The number of hydrogen-bond donors (Lipinski definition) is 2. The van der Waals surface area contributed by atoms with Gasteiger partial charge in [0, 0.05) is 37.9 Å². The van der Waals surface area contributed by atoms with Gasteiger partial charge in [-0.1, -0.05) is 18.2 Å². The van der Waals surface area contributed by atoms with Crippen LogP contribution in [0.3, 0.4) is 0 Å². The zero-order valence-electron chi connectivity index (χ0n) is 15.4. The first-order chi connectivity index (χ1) is 13.9. The summed E-state index contributed by atoms with van der Waals surface area (Å²) in [7, 11) is 0. The molecule has 3 aromatic rings. The first kappa shape index (κ1) is 20.5. The summed E-state index contributed by atoms with van der Waals surface area (Å²) in [5.74, 6) is -0.345. The average Bonchev–Trinajstić information content (AvgIpc) is 2.73. The first-order valence-corrected chi connectivity index (χ1v) is 8.89. The van der Waals surface area contributed by atoms with Crippen LogP contribution in [-0.2, 0) is 24.1 Å². The van der Waals surface area contributed by atoms with Crippen LogP contribution in [-0.4, -0.2) is 15.9 Å². The molecule has 150 valence electrons. The number of aromatic nitrogens is 2. The van der Waals surface area contributed by atoms with Crippen molar-refractivity contribution in [3.05, 3.63) is 95.6 Å². The van der Waals surface area contributed by atoms with Gasteiger partial charge in [0.1, 0.15) is 6.04 Å². The Morgan fingerprint density at radius 1 is 0.897 bits per heavy atom. The van der Waals surface area contributed by atoms with Crippen LogP contribution in [0.4, 0.5) is 13.2 Å². The minimum Gasteiger partial charge on any atom is -0.350 e. The Morgan fingerprint density at radius 3 is 2.24 bits per heavy atom. The lowest BCUT2D eigenvalue weighted by Crippen LogP contribution is -2.37. The lowest BCUT2D eigenvalue weighted by molar-refractivity contribution is -0.137. The minimum absolute atomic E-state index is 0.265. The van der Waals surface area contributed by atoms with Gasteiger partial charge >= 0.3 is 6.18 Å². The number of carbonyl (C=O) groups is 1. The highest BCUT2D eigenvalue weighted by molar-refractivity contribution is 5.83. The Bertz CT molecular complexity index is 916. The highest BCUT2D eigenvalue weighted by Gasteiger charge is 2.30. The Balaban J connectivity index is 1.75. The van der Waals surface area contributed by atoms with Crippen molar-refractivity contribution in [3.63, 3.8) is 0 Å². The van der Waals surface area contributed by atoms with Crippen LogP contribution in [0.5, 0.6) is 0 Å². The van der Waals surface area contributed by atoms with Gasteiger partial charge in [0.05, 0.1) is 5.56 Å². The van der Waals surface area contributed by atoms with Gasteiger partial charge in [0.15, 0.2) is 0 Å². The van der Waals surface area contributed by atoms with Crippen molar-refractivity contribution >= 4 is 5.91 Å². The van der Waals surface area contributed by atoms with Crippen LogP contribution in [0, 0.1) is 0 Å². The molecule has 0 spiro atoms. The number of benzene rings is 1. The Kier molecular flexibility index (Phi) is 6.56. The predicted octanol–water partition coefficient (Wildman–Crippen LogP) is 3.64. The van der Waals surface area contributed by atoms with Crippen molar-refractivity contribution in [3.8, 4) is 0 Å². The lowest BCUT2D eigenvalue weighted by Gasteiger charge is -2.20. The van der Waals surface area contributed by atoms with Crippen LogP contribution in [0.1, 0.15) is 28.3 Å². The van der Waals surface area contributed by atoms with E-state index in [1.807, 2.05) is 6.07 Å². The molecule has 1 aromatic carbocycles. The van der Waals surface area contributed by atoms with Gasteiger partial charge in [0.25, 0.3) is 0 Å². The predicted molar refractivity (Wildman–Crippen MR) is 101 cm³/mol. The molecule has 0 aliphatic heterocycles. The molecule has 2 N–H and O–H groups in total. The monoisotopic (exact) mass is 400 g/mol. The molecule has 3 rings (SSSR count). The SMILES string of the molecule is O=C(NCc1cccnc1)C(NCc1ccncc1)c1ccc(C(F)(F)F)cc1. The van der Waals surface area contributed by atoms with E-state index < -0.39 is 17.8 Å². The van der Waals surface area contributed by atoms with Gasteiger partial charge < -0.3 is 5.32 Å². The number of nitrogens with one attached hydrogen (secondary N) is 2. The van der Waals surface area contributed by atoms with Crippen LogP contribution < -0.4 is 10.6 Å². The molecule has 1 amide bonds. The van der Waals surface area contributed by atoms with Gasteiger partial charge in [-0.3, -0.25) is 20.1 Å². The molecular formula is C21H19F3N4O. The van der Waals surface area contributed by atoms with Crippen molar-refractivity contribution < 1.29 is 18.0 Å². The van der Waals surface area contributed by atoms with Gasteiger partial charge in [-0.05, 0) is 47.0 Å². The number of halogens is 3. The van der Waals surface area contributed by atoms with Crippen LogP contribution in [0.2, 0.25) is 0 Å². The summed E-state index contributed by atoms with van der Waals surface area (Å²) in [6, 6.07) is 10.9. The number of amides is 1. The fraction of sp³-hybridized carbons (Fsp3) is 0.190. The summed E-state index contributed by atoms with van der Waals surface area (Å²) in [4.78, 5) is 20.7. The van der Waals surface area contributed by atoms with Crippen molar-refractivity contribution in [2.24, 2.45) is 0 Å². The first-order valence-electron chi connectivity index (χ1n) is 8.89. The number of rotatable bonds is 7.